The van der Waals surface area contributed by atoms with Crippen molar-refractivity contribution in [1.29, 1.82) is 0 Å². The molecule has 1 fully saturated rings. The molecule has 0 amide bonds. The van der Waals surface area contributed by atoms with Crippen LogP contribution in [-0.4, -0.2) is 24.4 Å². The molecule has 1 aliphatic rings. The molecule has 1 N–H and O–H groups in total. The minimum Gasteiger partial charge on any atom is -0.394 e. The van der Waals surface area contributed by atoms with Crippen LogP contribution in [0.4, 0.5) is 0 Å². The normalized spacial score (nSPS) is 36.7. The summed E-state index contributed by atoms with van der Waals surface area (Å²) in [5, 5.41) is 8.74. The molecule has 0 aromatic heterocycles. The number of aliphatic hydroxyl groups is 1. The van der Waals surface area contributed by atoms with E-state index in [-0.39, 0.29) is 12.7 Å². The van der Waals surface area contributed by atoms with Crippen molar-refractivity contribution in [1.82, 2.24) is 0 Å². The largest absolute Gasteiger partial charge is 0.394 e. The molecular formula is C7H14O2. The lowest BCUT2D eigenvalue weighted by Crippen LogP contribution is -2.30. The molecule has 0 aliphatic carbocycles. The van der Waals surface area contributed by atoms with Crippen molar-refractivity contribution in [2.45, 2.75) is 25.9 Å². The highest BCUT2D eigenvalue weighted by Crippen LogP contribution is 2.18. The Morgan fingerprint density at radius 2 is 2.44 bits per heavy atom. The van der Waals surface area contributed by atoms with Gasteiger partial charge in [-0.05, 0) is 18.8 Å². The van der Waals surface area contributed by atoms with Gasteiger partial charge < -0.3 is 9.84 Å². The molecule has 1 saturated heterocycles. The summed E-state index contributed by atoms with van der Waals surface area (Å²) in [6, 6.07) is 0. The van der Waals surface area contributed by atoms with E-state index in [2.05, 4.69) is 6.92 Å². The van der Waals surface area contributed by atoms with E-state index >= 15 is 0 Å². The summed E-state index contributed by atoms with van der Waals surface area (Å²) in [6.45, 7) is 3.14. The Morgan fingerprint density at radius 3 is 2.89 bits per heavy atom. The zero-order valence-corrected chi connectivity index (χ0v) is 5.84. The van der Waals surface area contributed by atoms with E-state index in [1.54, 1.807) is 0 Å². The Kier molecular flexibility index (Phi) is 2.49. The zero-order valence-electron chi connectivity index (χ0n) is 5.84. The van der Waals surface area contributed by atoms with E-state index in [4.69, 9.17) is 9.84 Å². The fourth-order valence-electron chi connectivity index (χ4n) is 1.22. The first-order valence-corrected chi connectivity index (χ1v) is 3.57. The average Bonchev–Trinajstić information content (AvgIpc) is 1.89. The van der Waals surface area contributed by atoms with Crippen molar-refractivity contribution < 1.29 is 9.84 Å². The second-order valence-corrected chi connectivity index (χ2v) is 2.71. The Labute approximate surface area is 55.8 Å². The molecule has 1 rings (SSSR count). The Balaban J connectivity index is 2.30. The Morgan fingerprint density at radius 1 is 1.67 bits per heavy atom. The summed E-state index contributed by atoms with van der Waals surface area (Å²) < 4.78 is 5.29. The smallest absolute Gasteiger partial charge is 0.0831 e. The number of hydrogen-bond donors (Lipinski definition) is 1. The molecule has 1 heterocycles. The molecule has 2 heteroatoms. The van der Waals surface area contributed by atoms with Crippen LogP contribution in [0.2, 0.25) is 0 Å². The van der Waals surface area contributed by atoms with Crippen molar-refractivity contribution >= 4 is 0 Å². The van der Waals surface area contributed by atoms with E-state index in [0.717, 1.165) is 13.0 Å². The second kappa shape index (κ2) is 3.18. The first kappa shape index (κ1) is 7.03. The zero-order chi connectivity index (χ0) is 6.69. The topological polar surface area (TPSA) is 29.5 Å². The second-order valence-electron chi connectivity index (χ2n) is 2.71. The number of aliphatic hydroxyl groups excluding tert-OH is 1. The molecule has 0 unspecified atom stereocenters. The van der Waals surface area contributed by atoms with Gasteiger partial charge in [0, 0.05) is 6.61 Å². The third-order valence-corrected chi connectivity index (χ3v) is 1.95. The summed E-state index contributed by atoms with van der Waals surface area (Å²) in [5.74, 6) is 0.545. The first-order valence-electron chi connectivity index (χ1n) is 3.57. The van der Waals surface area contributed by atoms with Crippen LogP contribution in [-0.2, 0) is 4.74 Å². The molecule has 54 valence electrons. The predicted octanol–water partition coefficient (Wildman–Crippen LogP) is 0.794. The summed E-state index contributed by atoms with van der Waals surface area (Å²) >= 11 is 0. The van der Waals surface area contributed by atoms with Crippen LogP contribution in [0.1, 0.15) is 19.8 Å². The molecule has 0 radical (unpaired) electrons. The van der Waals surface area contributed by atoms with Gasteiger partial charge in [-0.15, -0.1) is 0 Å². The lowest BCUT2D eigenvalue weighted by molar-refractivity contribution is -0.0493. The van der Waals surface area contributed by atoms with Gasteiger partial charge in [0.15, 0.2) is 0 Å². The van der Waals surface area contributed by atoms with Crippen LogP contribution < -0.4 is 0 Å². The number of rotatable bonds is 1. The summed E-state index contributed by atoms with van der Waals surface area (Å²) in [6.07, 6.45) is 2.46. The summed E-state index contributed by atoms with van der Waals surface area (Å²) in [7, 11) is 0. The third-order valence-electron chi connectivity index (χ3n) is 1.95. The van der Waals surface area contributed by atoms with Gasteiger partial charge in [0.25, 0.3) is 0 Å². The highest BCUT2D eigenvalue weighted by atomic mass is 16.5. The van der Waals surface area contributed by atoms with Gasteiger partial charge in [-0.1, -0.05) is 6.92 Å². The van der Waals surface area contributed by atoms with E-state index in [1.807, 2.05) is 0 Å². The minimum absolute atomic E-state index is 0.110. The standard InChI is InChI=1S/C7H14O2/c1-6-3-2-4-9-7(6)5-8/h6-8H,2-5H2,1H3/t6-,7-/m1/s1. The molecule has 0 bridgehead atoms. The average molecular weight is 130 g/mol. The van der Waals surface area contributed by atoms with E-state index in [0.29, 0.717) is 5.92 Å². The number of hydrogen-bond acceptors (Lipinski definition) is 2. The van der Waals surface area contributed by atoms with Gasteiger partial charge in [-0.2, -0.15) is 0 Å². The fraction of sp³-hybridized carbons (Fsp3) is 1.00. The van der Waals surface area contributed by atoms with Crippen LogP contribution in [0.25, 0.3) is 0 Å². The summed E-state index contributed by atoms with van der Waals surface area (Å²) in [4.78, 5) is 0. The molecule has 0 aromatic rings. The van der Waals surface area contributed by atoms with Gasteiger partial charge >= 0.3 is 0 Å². The van der Waals surface area contributed by atoms with E-state index < -0.39 is 0 Å². The number of ether oxygens (including phenoxy) is 1. The fourth-order valence-corrected chi connectivity index (χ4v) is 1.22. The van der Waals surface area contributed by atoms with Crippen LogP contribution in [0.3, 0.4) is 0 Å². The lowest BCUT2D eigenvalue weighted by atomic mass is 9.97. The van der Waals surface area contributed by atoms with Gasteiger partial charge in [0.1, 0.15) is 0 Å². The van der Waals surface area contributed by atoms with Gasteiger partial charge in [0.2, 0.25) is 0 Å². The van der Waals surface area contributed by atoms with E-state index in [1.165, 1.54) is 6.42 Å². The van der Waals surface area contributed by atoms with Crippen LogP contribution in [0.5, 0.6) is 0 Å². The molecule has 0 saturated carbocycles. The van der Waals surface area contributed by atoms with Crippen molar-refractivity contribution in [2.75, 3.05) is 13.2 Å². The third kappa shape index (κ3) is 1.66. The van der Waals surface area contributed by atoms with Crippen molar-refractivity contribution in [3.63, 3.8) is 0 Å². The Bertz CT molecular complexity index is 83.0. The monoisotopic (exact) mass is 130 g/mol. The first-order chi connectivity index (χ1) is 4.34. The summed E-state index contributed by atoms with van der Waals surface area (Å²) in [5.41, 5.74) is 0. The SMILES string of the molecule is C[C@@H]1CCCO[C@@H]1CO. The quantitative estimate of drug-likeness (QED) is 0.568. The highest BCUT2D eigenvalue weighted by molar-refractivity contribution is 4.69. The maximum Gasteiger partial charge on any atom is 0.0831 e. The predicted molar refractivity (Wildman–Crippen MR) is 35.2 cm³/mol. The molecule has 2 atom stereocenters. The van der Waals surface area contributed by atoms with Gasteiger partial charge in [-0.3, -0.25) is 0 Å². The molecular weight excluding hydrogens is 116 g/mol. The molecule has 9 heavy (non-hydrogen) atoms. The minimum atomic E-state index is 0.110. The van der Waals surface area contributed by atoms with Gasteiger partial charge in [0.05, 0.1) is 12.7 Å². The maximum atomic E-state index is 8.74. The van der Waals surface area contributed by atoms with Crippen LogP contribution >= 0.6 is 0 Å². The van der Waals surface area contributed by atoms with Crippen molar-refractivity contribution in [2.24, 2.45) is 5.92 Å². The molecule has 0 aromatic carbocycles. The molecule has 0 spiro atoms. The van der Waals surface area contributed by atoms with E-state index in [9.17, 15) is 0 Å². The van der Waals surface area contributed by atoms with Crippen LogP contribution in [0.15, 0.2) is 0 Å². The van der Waals surface area contributed by atoms with Crippen molar-refractivity contribution in [3.8, 4) is 0 Å². The van der Waals surface area contributed by atoms with Crippen LogP contribution in [0, 0.1) is 5.92 Å². The Hall–Kier alpha value is -0.0800. The lowest BCUT2D eigenvalue weighted by Gasteiger charge is -2.27. The van der Waals surface area contributed by atoms with Gasteiger partial charge in [-0.25, -0.2) is 0 Å². The molecule has 1 aliphatic heterocycles. The molecule has 2 nitrogen and oxygen atoms in total. The highest BCUT2D eigenvalue weighted by Gasteiger charge is 2.20. The van der Waals surface area contributed by atoms with Crippen molar-refractivity contribution in [3.05, 3.63) is 0 Å². The maximum absolute atomic E-state index is 8.74.